The van der Waals surface area contributed by atoms with Gasteiger partial charge < -0.3 is 16.4 Å². The Morgan fingerprint density at radius 2 is 1.81 bits per heavy atom. The van der Waals surface area contributed by atoms with Crippen molar-refractivity contribution < 1.29 is 4.79 Å². The van der Waals surface area contributed by atoms with Crippen molar-refractivity contribution in [3.05, 3.63) is 28.2 Å². The maximum atomic E-state index is 12.1. The van der Waals surface area contributed by atoms with Gasteiger partial charge in [0.25, 0.3) is 0 Å². The van der Waals surface area contributed by atoms with Crippen LogP contribution < -0.4 is 16.4 Å². The molecule has 0 aromatic heterocycles. The van der Waals surface area contributed by atoms with Gasteiger partial charge in [-0.3, -0.25) is 0 Å². The summed E-state index contributed by atoms with van der Waals surface area (Å²) in [5.41, 5.74) is 6.38. The van der Waals surface area contributed by atoms with Crippen molar-refractivity contribution in [2.24, 2.45) is 11.7 Å². The molecule has 0 heterocycles. The van der Waals surface area contributed by atoms with Crippen molar-refractivity contribution >= 4 is 34.9 Å². The van der Waals surface area contributed by atoms with Crippen LogP contribution >= 0.6 is 23.2 Å². The molecule has 0 spiro atoms. The predicted octanol–water partition coefficient (Wildman–Crippen LogP) is 4.02. The molecule has 1 fully saturated rings. The van der Waals surface area contributed by atoms with Crippen LogP contribution in [0.3, 0.4) is 0 Å². The Bertz CT molecular complexity index is 470. The van der Waals surface area contributed by atoms with Gasteiger partial charge in [0.1, 0.15) is 0 Å². The summed E-state index contributed by atoms with van der Waals surface area (Å²) in [5, 5.41) is 6.69. The van der Waals surface area contributed by atoms with Gasteiger partial charge in [0, 0.05) is 28.3 Å². The molecule has 4 N–H and O–H groups in total. The molecule has 6 heteroatoms. The highest BCUT2D eigenvalue weighted by molar-refractivity contribution is 6.35. The largest absolute Gasteiger partial charge is 0.334 e. The number of halogens is 2. The summed E-state index contributed by atoms with van der Waals surface area (Å²) in [7, 11) is 0. The van der Waals surface area contributed by atoms with Crippen LogP contribution in [0, 0.1) is 5.92 Å². The van der Waals surface area contributed by atoms with Gasteiger partial charge >= 0.3 is 6.03 Å². The number of carbonyl (C=O) groups excluding carboxylic acids is 1. The van der Waals surface area contributed by atoms with Crippen LogP contribution in [0.4, 0.5) is 10.5 Å². The molecular weight excluding hydrogens is 309 g/mol. The van der Waals surface area contributed by atoms with E-state index in [2.05, 4.69) is 10.6 Å². The zero-order valence-corrected chi connectivity index (χ0v) is 13.4. The molecule has 4 nitrogen and oxygen atoms in total. The molecule has 21 heavy (non-hydrogen) atoms. The van der Waals surface area contributed by atoms with Crippen LogP contribution in [0.15, 0.2) is 18.2 Å². The van der Waals surface area contributed by atoms with Gasteiger partial charge in [-0.05, 0) is 37.0 Å². The lowest BCUT2D eigenvalue weighted by molar-refractivity contribution is 0.233. The smallest absolute Gasteiger partial charge is 0.319 e. The topological polar surface area (TPSA) is 67.1 Å². The van der Waals surface area contributed by atoms with Crippen molar-refractivity contribution in [1.82, 2.24) is 5.32 Å². The Morgan fingerprint density at radius 1 is 1.19 bits per heavy atom. The minimum Gasteiger partial charge on any atom is -0.334 e. The van der Waals surface area contributed by atoms with Crippen LogP contribution in [-0.2, 0) is 0 Å². The van der Waals surface area contributed by atoms with Crippen LogP contribution in [0.25, 0.3) is 0 Å². The predicted molar refractivity (Wildman–Crippen MR) is 88.0 cm³/mol. The number of hydrogen-bond donors (Lipinski definition) is 3. The molecule has 0 radical (unpaired) electrons. The highest BCUT2D eigenvalue weighted by Crippen LogP contribution is 2.26. The third-order valence-electron chi connectivity index (χ3n) is 3.91. The van der Waals surface area contributed by atoms with Crippen molar-refractivity contribution in [2.45, 2.75) is 38.1 Å². The Hall–Kier alpha value is -0.970. The van der Waals surface area contributed by atoms with Crippen LogP contribution in [0.2, 0.25) is 10.0 Å². The maximum Gasteiger partial charge on any atom is 0.319 e. The fraction of sp³-hybridized carbons (Fsp3) is 0.533. The molecule has 2 amide bonds. The molecule has 1 saturated carbocycles. The molecule has 1 aromatic rings. The van der Waals surface area contributed by atoms with E-state index in [-0.39, 0.29) is 12.1 Å². The fourth-order valence-electron chi connectivity index (χ4n) is 2.87. The van der Waals surface area contributed by atoms with Crippen molar-refractivity contribution in [1.29, 1.82) is 0 Å². The first-order valence-corrected chi connectivity index (χ1v) is 8.08. The number of anilines is 1. The number of nitrogens with two attached hydrogens (primary N) is 1. The lowest BCUT2D eigenvalue weighted by Gasteiger charge is -2.30. The Kier molecular flexibility index (Phi) is 6.15. The zero-order valence-electron chi connectivity index (χ0n) is 11.9. The fourth-order valence-corrected chi connectivity index (χ4v) is 3.39. The average molecular weight is 330 g/mol. The van der Waals surface area contributed by atoms with E-state index in [1.54, 1.807) is 18.2 Å². The van der Waals surface area contributed by atoms with E-state index >= 15 is 0 Å². The molecule has 1 unspecified atom stereocenters. The van der Waals surface area contributed by atoms with Crippen LogP contribution in [0.5, 0.6) is 0 Å². The number of urea groups is 1. The Labute approximate surface area is 135 Å². The lowest BCUT2D eigenvalue weighted by atomic mass is 9.84. The van der Waals surface area contributed by atoms with Gasteiger partial charge in [-0.2, -0.15) is 0 Å². The van der Waals surface area contributed by atoms with Crippen molar-refractivity contribution in [3.63, 3.8) is 0 Å². The summed E-state index contributed by atoms with van der Waals surface area (Å²) in [6.45, 7) is 0.453. The summed E-state index contributed by atoms with van der Waals surface area (Å²) in [4.78, 5) is 12.1. The van der Waals surface area contributed by atoms with E-state index in [1.165, 1.54) is 19.3 Å². The molecule has 0 bridgehead atoms. The number of nitrogens with one attached hydrogen (secondary N) is 2. The van der Waals surface area contributed by atoms with Crippen LogP contribution in [0.1, 0.15) is 32.1 Å². The highest BCUT2D eigenvalue weighted by atomic mass is 35.5. The van der Waals surface area contributed by atoms with E-state index < -0.39 is 0 Å². The SMILES string of the molecule is NCC(NC(=O)Nc1cc(Cl)cc(Cl)c1)C1CCCCC1. The van der Waals surface area contributed by atoms with E-state index in [4.69, 9.17) is 28.9 Å². The molecular formula is C15H21Cl2N3O. The van der Waals surface area contributed by atoms with E-state index in [0.717, 1.165) is 12.8 Å². The summed E-state index contributed by atoms with van der Waals surface area (Å²) in [6.07, 6.45) is 5.97. The first-order valence-electron chi connectivity index (χ1n) is 7.32. The third-order valence-corrected chi connectivity index (χ3v) is 4.35. The van der Waals surface area contributed by atoms with E-state index in [1.807, 2.05) is 0 Å². The number of carbonyl (C=O) groups is 1. The molecule has 1 atom stereocenters. The Balaban J connectivity index is 1.92. The van der Waals surface area contributed by atoms with Gasteiger partial charge in [-0.1, -0.05) is 42.5 Å². The first kappa shape index (κ1) is 16.4. The highest BCUT2D eigenvalue weighted by Gasteiger charge is 2.23. The number of benzene rings is 1. The summed E-state index contributed by atoms with van der Waals surface area (Å²) >= 11 is 11.8. The standard InChI is InChI=1S/C15H21Cl2N3O/c16-11-6-12(17)8-13(7-11)19-15(21)20-14(9-18)10-4-2-1-3-5-10/h6-8,10,14H,1-5,9,18H2,(H2,19,20,21). The molecule has 0 aliphatic heterocycles. The van der Waals surface area contributed by atoms with Crippen molar-refractivity contribution in [2.75, 3.05) is 11.9 Å². The van der Waals surface area contributed by atoms with Gasteiger partial charge in [0.15, 0.2) is 0 Å². The number of amides is 2. The zero-order chi connectivity index (χ0) is 15.2. The molecule has 1 aliphatic rings. The third kappa shape index (κ3) is 5.06. The number of rotatable bonds is 4. The molecule has 116 valence electrons. The molecule has 1 aromatic carbocycles. The second kappa shape index (κ2) is 7.87. The Morgan fingerprint density at radius 3 is 2.38 bits per heavy atom. The lowest BCUT2D eigenvalue weighted by Crippen LogP contribution is -2.47. The second-order valence-electron chi connectivity index (χ2n) is 5.50. The van der Waals surface area contributed by atoms with Crippen molar-refractivity contribution in [3.8, 4) is 0 Å². The summed E-state index contributed by atoms with van der Waals surface area (Å²) in [5.74, 6) is 0.470. The summed E-state index contributed by atoms with van der Waals surface area (Å²) < 4.78 is 0. The van der Waals surface area contributed by atoms with Crippen LogP contribution in [-0.4, -0.2) is 18.6 Å². The second-order valence-corrected chi connectivity index (χ2v) is 6.37. The number of hydrogen-bond acceptors (Lipinski definition) is 2. The molecule has 0 saturated heterocycles. The molecule has 2 rings (SSSR count). The van der Waals surface area contributed by atoms with Gasteiger partial charge in [0.05, 0.1) is 0 Å². The quantitative estimate of drug-likeness (QED) is 0.780. The van der Waals surface area contributed by atoms with Gasteiger partial charge in [-0.15, -0.1) is 0 Å². The average Bonchev–Trinajstić information content (AvgIpc) is 2.44. The minimum atomic E-state index is -0.269. The maximum absolute atomic E-state index is 12.1. The minimum absolute atomic E-state index is 0.0138. The van der Waals surface area contributed by atoms with Gasteiger partial charge in [-0.25, -0.2) is 4.79 Å². The van der Waals surface area contributed by atoms with Gasteiger partial charge in [0.2, 0.25) is 0 Å². The first-order chi connectivity index (χ1) is 10.1. The monoisotopic (exact) mass is 329 g/mol. The summed E-state index contributed by atoms with van der Waals surface area (Å²) in [6, 6.07) is 4.68. The normalized spacial score (nSPS) is 17.3. The van der Waals surface area contributed by atoms with E-state index in [9.17, 15) is 4.79 Å². The van der Waals surface area contributed by atoms with E-state index in [0.29, 0.717) is 28.2 Å². The molecule has 1 aliphatic carbocycles.